The first-order chi connectivity index (χ1) is 14.8. The topological polar surface area (TPSA) is 90.5 Å². The summed E-state index contributed by atoms with van der Waals surface area (Å²) < 4.78 is 0. The number of hydrogen-bond acceptors (Lipinski definition) is 4. The molecular weight excluding hydrogens is 416 g/mol. The lowest BCUT2D eigenvalue weighted by Crippen LogP contribution is -2.37. The van der Waals surface area contributed by atoms with Gasteiger partial charge in [-0.3, -0.25) is 19.3 Å². The molecule has 3 amide bonds. The summed E-state index contributed by atoms with van der Waals surface area (Å²) in [5, 5.41) is 8.99. The Hall–Kier alpha value is -2.90. The van der Waals surface area contributed by atoms with Gasteiger partial charge in [-0.2, -0.15) is 0 Å². The first kappa shape index (κ1) is 22.8. The van der Waals surface area contributed by atoms with Crippen molar-refractivity contribution in [3.63, 3.8) is 0 Å². The van der Waals surface area contributed by atoms with Crippen LogP contribution in [0.15, 0.2) is 42.5 Å². The van der Waals surface area contributed by atoms with Crippen LogP contribution in [0.25, 0.3) is 0 Å². The Kier molecular flexibility index (Phi) is 7.65. The number of rotatable bonds is 7. The quantitative estimate of drug-likeness (QED) is 0.608. The first-order valence-electron chi connectivity index (χ1n) is 10.3. The molecule has 1 aliphatic heterocycles. The van der Waals surface area contributed by atoms with Crippen molar-refractivity contribution in [2.45, 2.75) is 32.7 Å². The third-order valence-corrected chi connectivity index (χ3v) is 5.48. The van der Waals surface area contributed by atoms with Crippen LogP contribution in [-0.4, -0.2) is 42.3 Å². The molecule has 3 N–H and O–H groups in total. The Labute approximate surface area is 187 Å². The summed E-state index contributed by atoms with van der Waals surface area (Å²) >= 11 is 6.45. The second-order valence-electron chi connectivity index (χ2n) is 7.65. The predicted octanol–water partition coefficient (Wildman–Crippen LogP) is 3.82. The minimum Gasteiger partial charge on any atom is -0.350 e. The SMILES string of the molecule is CC(=O)Nc1cc(NC(C)=O)cc(C(=O)NC[C@H](c2ccccc2Cl)N2CCCC2)c1. The molecule has 3 rings (SSSR count). The molecule has 0 saturated carbocycles. The molecule has 1 saturated heterocycles. The third-order valence-electron chi connectivity index (χ3n) is 5.14. The molecule has 7 nitrogen and oxygen atoms in total. The van der Waals surface area contributed by atoms with Gasteiger partial charge in [-0.05, 0) is 55.8 Å². The molecule has 1 heterocycles. The third kappa shape index (κ3) is 6.29. The summed E-state index contributed by atoms with van der Waals surface area (Å²) in [5.74, 6) is -0.826. The molecule has 31 heavy (non-hydrogen) atoms. The predicted molar refractivity (Wildman–Crippen MR) is 122 cm³/mol. The van der Waals surface area contributed by atoms with Crippen molar-refractivity contribution in [3.05, 3.63) is 58.6 Å². The number of hydrogen-bond donors (Lipinski definition) is 3. The maximum absolute atomic E-state index is 13.0. The highest BCUT2D eigenvalue weighted by molar-refractivity contribution is 6.31. The molecule has 0 unspecified atom stereocenters. The Morgan fingerprint density at radius 3 is 2.10 bits per heavy atom. The number of nitrogens with one attached hydrogen (secondary N) is 3. The van der Waals surface area contributed by atoms with Crippen molar-refractivity contribution < 1.29 is 14.4 Å². The zero-order valence-electron chi connectivity index (χ0n) is 17.7. The van der Waals surface area contributed by atoms with Gasteiger partial charge in [0, 0.05) is 42.4 Å². The molecule has 8 heteroatoms. The fraction of sp³-hybridized carbons (Fsp3) is 0.348. The monoisotopic (exact) mass is 442 g/mol. The standard InChI is InChI=1S/C23H27ClN4O3/c1-15(29)26-18-11-17(12-19(13-18)27-16(2)30)23(31)25-14-22(28-9-5-6-10-28)20-7-3-4-8-21(20)24/h3-4,7-8,11-13,22H,5-6,9-10,14H2,1-2H3,(H,25,31)(H,26,29)(H,27,30)/t22-/m1/s1. The van der Waals surface area contributed by atoms with Crippen molar-refractivity contribution >= 4 is 40.7 Å². The van der Waals surface area contributed by atoms with Crippen LogP contribution >= 0.6 is 11.6 Å². The minimum absolute atomic E-state index is 0.0338. The van der Waals surface area contributed by atoms with Gasteiger partial charge in [-0.25, -0.2) is 0 Å². The first-order valence-corrected chi connectivity index (χ1v) is 10.7. The van der Waals surface area contributed by atoms with E-state index in [9.17, 15) is 14.4 Å². The van der Waals surface area contributed by atoms with E-state index in [1.807, 2.05) is 24.3 Å². The molecule has 0 aliphatic carbocycles. The summed E-state index contributed by atoms with van der Waals surface area (Å²) in [5.41, 5.74) is 2.20. The zero-order valence-corrected chi connectivity index (χ0v) is 18.5. The molecule has 1 aliphatic rings. The maximum Gasteiger partial charge on any atom is 0.251 e. The summed E-state index contributed by atoms with van der Waals surface area (Å²) in [6, 6.07) is 12.4. The van der Waals surface area contributed by atoms with Gasteiger partial charge < -0.3 is 16.0 Å². The van der Waals surface area contributed by atoms with E-state index in [1.165, 1.54) is 13.8 Å². The van der Waals surface area contributed by atoms with E-state index in [0.29, 0.717) is 28.5 Å². The van der Waals surface area contributed by atoms with Gasteiger partial charge in [-0.15, -0.1) is 0 Å². The largest absolute Gasteiger partial charge is 0.350 e. The molecule has 0 bridgehead atoms. The number of amides is 3. The minimum atomic E-state index is -0.296. The van der Waals surface area contributed by atoms with Crippen LogP contribution in [0.2, 0.25) is 5.02 Å². The fourth-order valence-corrected chi connectivity index (χ4v) is 4.10. The van der Waals surface area contributed by atoms with Crippen molar-refractivity contribution in [3.8, 4) is 0 Å². The van der Waals surface area contributed by atoms with Gasteiger partial charge >= 0.3 is 0 Å². The van der Waals surface area contributed by atoms with E-state index in [1.54, 1.807) is 18.2 Å². The molecular formula is C23H27ClN4O3. The van der Waals surface area contributed by atoms with Gasteiger partial charge in [0.05, 0.1) is 6.04 Å². The van der Waals surface area contributed by atoms with E-state index in [0.717, 1.165) is 31.5 Å². The Morgan fingerprint density at radius 2 is 1.55 bits per heavy atom. The highest BCUT2D eigenvalue weighted by atomic mass is 35.5. The summed E-state index contributed by atoms with van der Waals surface area (Å²) in [6.07, 6.45) is 2.24. The van der Waals surface area contributed by atoms with Crippen LogP contribution in [0.1, 0.15) is 48.7 Å². The van der Waals surface area contributed by atoms with Gasteiger partial charge in [0.1, 0.15) is 0 Å². The molecule has 2 aromatic carbocycles. The number of carbonyl (C=O) groups is 3. The van der Waals surface area contributed by atoms with Crippen LogP contribution in [-0.2, 0) is 9.59 Å². The van der Waals surface area contributed by atoms with E-state index in [-0.39, 0.29) is 23.8 Å². The van der Waals surface area contributed by atoms with Crippen LogP contribution in [0.5, 0.6) is 0 Å². The van der Waals surface area contributed by atoms with Gasteiger partial charge in [0.15, 0.2) is 0 Å². The molecule has 0 aromatic heterocycles. The Bertz CT molecular complexity index is 939. The molecule has 1 fully saturated rings. The van der Waals surface area contributed by atoms with E-state index < -0.39 is 0 Å². The van der Waals surface area contributed by atoms with Crippen LogP contribution < -0.4 is 16.0 Å². The Morgan fingerprint density at radius 1 is 0.968 bits per heavy atom. The number of benzene rings is 2. The van der Waals surface area contributed by atoms with Gasteiger partial charge in [-0.1, -0.05) is 29.8 Å². The van der Waals surface area contributed by atoms with Gasteiger partial charge in [0.25, 0.3) is 5.91 Å². The van der Waals surface area contributed by atoms with Crippen LogP contribution in [0.3, 0.4) is 0 Å². The van der Waals surface area contributed by atoms with Crippen molar-refractivity contribution in [2.24, 2.45) is 0 Å². The maximum atomic E-state index is 13.0. The summed E-state index contributed by atoms with van der Waals surface area (Å²) in [6.45, 7) is 5.07. The summed E-state index contributed by atoms with van der Waals surface area (Å²) in [7, 11) is 0. The molecule has 164 valence electrons. The lowest BCUT2D eigenvalue weighted by atomic mass is 10.0. The van der Waals surface area contributed by atoms with E-state index >= 15 is 0 Å². The number of anilines is 2. The zero-order chi connectivity index (χ0) is 22.4. The van der Waals surface area contributed by atoms with Crippen LogP contribution in [0, 0.1) is 0 Å². The smallest absolute Gasteiger partial charge is 0.251 e. The van der Waals surface area contributed by atoms with Gasteiger partial charge in [0.2, 0.25) is 11.8 Å². The Balaban J connectivity index is 1.80. The molecule has 1 atom stereocenters. The number of likely N-dealkylation sites (tertiary alicyclic amines) is 1. The average Bonchev–Trinajstić information content (AvgIpc) is 3.22. The molecule has 2 aromatic rings. The average molecular weight is 443 g/mol. The van der Waals surface area contributed by atoms with E-state index in [2.05, 4.69) is 20.9 Å². The lowest BCUT2D eigenvalue weighted by molar-refractivity contribution is -0.115. The number of carbonyl (C=O) groups excluding carboxylic acids is 3. The number of halogens is 1. The highest BCUT2D eigenvalue weighted by Crippen LogP contribution is 2.30. The lowest BCUT2D eigenvalue weighted by Gasteiger charge is -2.29. The second kappa shape index (κ2) is 10.4. The highest BCUT2D eigenvalue weighted by Gasteiger charge is 2.25. The fourth-order valence-electron chi connectivity index (χ4n) is 3.84. The molecule has 0 radical (unpaired) electrons. The summed E-state index contributed by atoms with van der Waals surface area (Å²) in [4.78, 5) is 38.2. The van der Waals surface area contributed by atoms with Crippen LogP contribution in [0.4, 0.5) is 11.4 Å². The van der Waals surface area contributed by atoms with Crippen molar-refractivity contribution in [1.29, 1.82) is 0 Å². The van der Waals surface area contributed by atoms with Crippen molar-refractivity contribution in [1.82, 2.24) is 10.2 Å². The van der Waals surface area contributed by atoms with E-state index in [4.69, 9.17) is 11.6 Å². The number of nitrogens with zero attached hydrogens (tertiary/aromatic N) is 1. The molecule has 0 spiro atoms. The second-order valence-corrected chi connectivity index (χ2v) is 8.06. The normalized spacial score (nSPS) is 14.7. The van der Waals surface area contributed by atoms with Crippen molar-refractivity contribution in [2.75, 3.05) is 30.3 Å².